The predicted molar refractivity (Wildman–Crippen MR) is 140 cm³/mol. The molecule has 1 saturated heterocycles. The number of aromatic amines is 1. The molecule has 4 N–H and O–H groups in total. The molecule has 1 aliphatic heterocycles. The van der Waals surface area contributed by atoms with Gasteiger partial charge in [0.25, 0.3) is 17.4 Å². The van der Waals surface area contributed by atoms with Crippen molar-refractivity contribution in [1.29, 1.82) is 0 Å². The zero-order valence-corrected chi connectivity index (χ0v) is 22.0. The number of rotatable bonds is 12. The molecule has 14 heteroatoms. The standard InChI is InChI=1S/C25H32N6O8/c1-4-25(5-2)22(35)31(24(37)28-25)14-18(33)39-15-17(32)29(11-12-38-3)19-20(26)30(23(36)27-21(19)34)13-16-9-7-6-8-10-16/h6-10H,4-5,11-15,26H2,1-3H3,(H,28,37)(H,27,34,36). The van der Waals surface area contributed by atoms with Crippen LogP contribution in [-0.4, -0.2) is 77.2 Å². The summed E-state index contributed by atoms with van der Waals surface area (Å²) in [6.45, 7) is 1.85. The molecule has 0 radical (unpaired) electrons. The van der Waals surface area contributed by atoms with E-state index in [0.717, 1.165) is 19.9 Å². The maximum atomic E-state index is 13.1. The molecule has 3 rings (SSSR count). The summed E-state index contributed by atoms with van der Waals surface area (Å²) in [6, 6.07) is 8.15. The van der Waals surface area contributed by atoms with E-state index in [1.807, 2.05) is 0 Å². The molecule has 0 aliphatic carbocycles. The molecule has 1 fully saturated rings. The molecule has 0 unspecified atom stereocenters. The molecule has 4 amide bonds. The van der Waals surface area contributed by atoms with Gasteiger partial charge in [-0.3, -0.25) is 38.5 Å². The summed E-state index contributed by atoms with van der Waals surface area (Å²) in [5.74, 6) is -2.66. The Morgan fingerprint density at radius 3 is 2.33 bits per heavy atom. The van der Waals surface area contributed by atoms with Crippen molar-refractivity contribution in [2.75, 3.05) is 44.0 Å². The van der Waals surface area contributed by atoms with Gasteiger partial charge in [-0.2, -0.15) is 0 Å². The fraction of sp³-hybridized carbons (Fsp3) is 0.440. The summed E-state index contributed by atoms with van der Waals surface area (Å²) >= 11 is 0. The highest BCUT2D eigenvalue weighted by atomic mass is 16.5. The minimum Gasteiger partial charge on any atom is -0.454 e. The zero-order valence-electron chi connectivity index (χ0n) is 22.0. The number of esters is 1. The van der Waals surface area contributed by atoms with E-state index in [4.69, 9.17) is 15.2 Å². The average Bonchev–Trinajstić information content (AvgIpc) is 3.16. The van der Waals surface area contributed by atoms with Gasteiger partial charge in [0, 0.05) is 13.7 Å². The first kappa shape index (κ1) is 29.1. The Kier molecular flexibility index (Phi) is 9.24. The number of nitrogen functional groups attached to an aromatic ring is 1. The highest BCUT2D eigenvalue weighted by Crippen LogP contribution is 2.25. The van der Waals surface area contributed by atoms with Gasteiger partial charge in [0.05, 0.1) is 13.2 Å². The van der Waals surface area contributed by atoms with Gasteiger partial charge in [0.15, 0.2) is 12.3 Å². The lowest BCUT2D eigenvalue weighted by Gasteiger charge is -2.24. The molecule has 0 bridgehead atoms. The number of imide groups is 1. The van der Waals surface area contributed by atoms with Crippen LogP contribution in [0.3, 0.4) is 0 Å². The summed E-state index contributed by atoms with van der Waals surface area (Å²) in [4.78, 5) is 79.7. The molecule has 0 spiro atoms. The molecule has 1 aliphatic rings. The first-order valence-electron chi connectivity index (χ1n) is 12.3. The van der Waals surface area contributed by atoms with Crippen molar-refractivity contribution in [2.24, 2.45) is 0 Å². The Hall–Kier alpha value is -4.46. The van der Waals surface area contributed by atoms with Crippen LogP contribution < -0.4 is 27.2 Å². The van der Waals surface area contributed by atoms with Crippen molar-refractivity contribution in [2.45, 2.75) is 38.8 Å². The van der Waals surface area contributed by atoms with Crippen molar-refractivity contribution < 1.29 is 28.7 Å². The van der Waals surface area contributed by atoms with E-state index in [2.05, 4.69) is 10.3 Å². The highest BCUT2D eigenvalue weighted by Gasteiger charge is 2.49. The number of amides is 4. The van der Waals surface area contributed by atoms with E-state index >= 15 is 0 Å². The molecule has 14 nitrogen and oxygen atoms in total. The van der Waals surface area contributed by atoms with Gasteiger partial charge in [0.2, 0.25) is 0 Å². The third kappa shape index (κ3) is 6.17. The van der Waals surface area contributed by atoms with Gasteiger partial charge in [-0.05, 0) is 18.4 Å². The second-order valence-corrected chi connectivity index (χ2v) is 8.87. The normalized spacial score (nSPS) is 14.3. The lowest BCUT2D eigenvalue weighted by molar-refractivity contribution is -0.150. The van der Waals surface area contributed by atoms with Crippen molar-refractivity contribution in [3.8, 4) is 0 Å². The van der Waals surface area contributed by atoms with Gasteiger partial charge < -0.3 is 20.5 Å². The third-order valence-electron chi connectivity index (χ3n) is 6.58. The van der Waals surface area contributed by atoms with Crippen LogP contribution >= 0.6 is 0 Å². The van der Waals surface area contributed by atoms with Crippen molar-refractivity contribution in [3.05, 3.63) is 56.7 Å². The smallest absolute Gasteiger partial charge is 0.330 e. The quantitative estimate of drug-likeness (QED) is 0.240. The first-order valence-corrected chi connectivity index (χ1v) is 12.3. The van der Waals surface area contributed by atoms with Crippen LogP contribution in [0, 0.1) is 0 Å². The summed E-state index contributed by atoms with van der Waals surface area (Å²) in [5, 5.41) is 2.60. The van der Waals surface area contributed by atoms with Crippen LogP contribution in [0.1, 0.15) is 32.3 Å². The number of hydrogen-bond acceptors (Lipinski definition) is 9. The second-order valence-electron chi connectivity index (χ2n) is 8.87. The van der Waals surface area contributed by atoms with Crippen molar-refractivity contribution >= 4 is 35.3 Å². The molecular weight excluding hydrogens is 512 g/mol. The largest absolute Gasteiger partial charge is 0.454 e. The van der Waals surface area contributed by atoms with Gasteiger partial charge in [-0.15, -0.1) is 0 Å². The Morgan fingerprint density at radius 2 is 1.74 bits per heavy atom. The number of methoxy groups -OCH3 is 1. The van der Waals surface area contributed by atoms with E-state index in [-0.39, 0.29) is 31.2 Å². The predicted octanol–water partition coefficient (Wildman–Crippen LogP) is -0.200. The molecule has 0 saturated carbocycles. The van der Waals surface area contributed by atoms with Crippen LogP contribution in [0.2, 0.25) is 0 Å². The van der Waals surface area contributed by atoms with E-state index in [0.29, 0.717) is 12.8 Å². The molecule has 2 aromatic rings. The van der Waals surface area contributed by atoms with Crippen LogP contribution in [-0.2, 0) is 30.4 Å². The van der Waals surface area contributed by atoms with E-state index in [9.17, 15) is 28.8 Å². The van der Waals surface area contributed by atoms with Crippen molar-refractivity contribution in [1.82, 2.24) is 19.8 Å². The minimum atomic E-state index is -1.09. The van der Waals surface area contributed by atoms with E-state index < -0.39 is 53.8 Å². The number of H-pyrrole nitrogens is 1. The lowest BCUT2D eigenvalue weighted by atomic mass is 9.93. The molecular formula is C25H32N6O8. The number of benzene rings is 1. The topological polar surface area (TPSA) is 186 Å². The second kappa shape index (κ2) is 12.4. The fourth-order valence-electron chi connectivity index (χ4n) is 4.25. The summed E-state index contributed by atoms with van der Waals surface area (Å²) in [6.07, 6.45) is 0.684. The van der Waals surface area contributed by atoms with Crippen LogP contribution in [0.25, 0.3) is 0 Å². The van der Waals surface area contributed by atoms with Gasteiger partial charge in [-0.1, -0.05) is 44.2 Å². The van der Waals surface area contributed by atoms with Crippen LogP contribution in [0.15, 0.2) is 39.9 Å². The van der Waals surface area contributed by atoms with Crippen molar-refractivity contribution in [3.63, 3.8) is 0 Å². The first-order chi connectivity index (χ1) is 18.6. The number of carbonyl (C=O) groups excluding carboxylic acids is 4. The molecule has 210 valence electrons. The zero-order chi connectivity index (χ0) is 28.7. The number of aromatic nitrogens is 2. The lowest BCUT2D eigenvalue weighted by Crippen LogP contribution is -2.46. The molecule has 1 aromatic carbocycles. The Bertz CT molecular complexity index is 1350. The molecule has 39 heavy (non-hydrogen) atoms. The van der Waals surface area contributed by atoms with E-state index in [1.165, 1.54) is 7.11 Å². The van der Waals surface area contributed by atoms with Crippen LogP contribution in [0.4, 0.5) is 16.3 Å². The SMILES string of the molecule is CCC1(CC)NC(=O)N(CC(=O)OCC(=O)N(CCOC)c2c(N)n(Cc3ccccc3)c(=O)[nH]c2=O)C1=O. The number of hydrogen-bond donors (Lipinski definition) is 3. The summed E-state index contributed by atoms with van der Waals surface area (Å²) in [5.41, 5.74) is 3.85. The molecule has 1 aromatic heterocycles. The molecule has 0 atom stereocenters. The van der Waals surface area contributed by atoms with Crippen LogP contribution in [0.5, 0.6) is 0 Å². The monoisotopic (exact) mass is 544 g/mol. The highest BCUT2D eigenvalue weighted by molar-refractivity contribution is 6.08. The van der Waals surface area contributed by atoms with E-state index in [1.54, 1.807) is 44.2 Å². The average molecular weight is 545 g/mol. The Labute approximate surface area is 223 Å². The minimum absolute atomic E-state index is 0.00501. The van der Waals surface area contributed by atoms with Gasteiger partial charge in [0.1, 0.15) is 17.9 Å². The number of anilines is 2. The van der Waals surface area contributed by atoms with Gasteiger partial charge in [-0.25, -0.2) is 9.59 Å². The summed E-state index contributed by atoms with van der Waals surface area (Å²) < 4.78 is 11.2. The number of ether oxygens (including phenoxy) is 2. The Morgan fingerprint density at radius 1 is 1.08 bits per heavy atom. The molecule has 2 heterocycles. The number of nitrogens with zero attached hydrogens (tertiary/aromatic N) is 3. The third-order valence-corrected chi connectivity index (χ3v) is 6.58. The number of urea groups is 1. The maximum absolute atomic E-state index is 13.1. The number of nitrogens with two attached hydrogens (primary N) is 1. The summed E-state index contributed by atoms with van der Waals surface area (Å²) in [7, 11) is 1.39. The fourth-order valence-corrected chi connectivity index (χ4v) is 4.25. The van der Waals surface area contributed by atoms with Gasteiger partial charge >= 0.3 is 17.7 Å². The maximum Gasteiger partial charge on any atom is 0.330 e. The number of nitrogens with one attached hydrogen (secondary N) is 2. The number of carbonyl (C=O) groups is 4. The Balaban J connectivity index is 1.79.